The molecule has 0 aliphatic heterocycles. The zero-order valence-corrected chi connectivity index (χ0v) is 15.4. The number of aromatic nitrogens is 2. The molecule has 2 aromatic carbocycles. The second kappa shape index (κ2) is 6.86. The van der Waals surface area contributed by atoms with E-state index < -0.39 is 0 Å². The van der Waals surface area contributed by atoms with Crippen molar-refractivity contribution in [3.05, 3.63) is 58.7 Å². The van der Waals surface area contributed by atoms with E-state index in [0.29, 0.717) is 30.0 Å². The van der Waals surface area contributed by atoms with Crippen LogP contribution in [-0.2, 0) is 17.8 Å². The van der Waals surface area contributed by atoms with Crippen LogP contribution in [0.1, 0.15) is 47.6 Å². The molecule has 0 bridgehead atoms. The molecule has 0 saturated heterocycles. The molecule has 3 aromatic rings. The molecule has 0 amide bonds. The van der Waals surface area contributed by atoms with E-state index >= 15 is 0 Å². The van der Waals surface area contributed by atoms with E-state index in [1.54, 1.807) is 6.07 Å². The summed E-state index contributed by atoms with van der Waals surface area (Å²) in [6, 6.07) is 14.0. The lowest BCUT2D eigenvalue weighted by atomic mass is 10.0. The van der Waals surface area contributed by atoms with Crippen molar-refractivity contribution in [3.8, 4) is 28.9 Å². The Hall–Kier alpha value is -3.01. The average Bonchev–Trinajstić information content (AvgIpc) is 3.29. The van der Waals surface area contributed by atoms with Crippen LogP contribution in [0.4, 0.5) is 0 Å². The number of benzene rings is 2. The van der Waals surface area contributed by atoms with E-state index in [4.69, 9.17) is 15.0 Å². The van der Waals surface area contributed by atoms with Gasteiger partial charge in [0.05, 0.1) is 24.3 Å². The van der Waals surface area contributed by atoms with E-state index in [1.807, 2.05) is 24.3 Å². The third kappa shape index (κ3) is 3.09. The van der Waals surface area contributed by atoms with Gasteiger partial charge in [-0.1, -0.05) is 29.4 Å². The average molecular weight is 372 g/mol. The lowest BCUT2D eigenvalue weighted by Gasteiger charge is -2.06. The van der Waals surface area contributed by atoms with Gasteiger partial charge < -0.3 is 15.0 Å². The van der Waals surface area contributed by atoms with Crippen molar-refractivity contribution in [2.45, 2.75) is 44.4 Å². The first-order valence-corrected chi connectivity index (χ1v) is 9.59. The maximum absolute atomic E-state index is 9.50. The quantitative estimate of drug-likeness (QED) is 0.729. The molecule has 1 fully saturated rings. The number of ether oxygens (including phenoxy) is 1. The van der Waals surface area contributed by atoms with Crippen LogP contribution in [0, 0.1) is 11.3 Å². The van der Waals surface area contributed by atoms with Crippen molar-refractivity contribution >= 4 is 0 Å². The van der Waals surface area contributed by atoms with Crippen molar-refractivity contribution in [1.82, 2.24) is 10.1 Å². The van der Waals surface area contributed by atoms with Gasteiger partial charge in [0.25, 0.3) is 5.89 Å². The van der Waals surface area contributed by atoms with Crippen LogP contribution in [0.3, 0.4) is 0 Å². The van der Waals surface area contributed by atoms with E-state index in [-0.39, 0.29) is 6.04 Å². The molecule has 140 valence electrons. The van der Waals surface area contributed by atoms with E-state index in [9.17, 15) is 5.26 Å². The summed E-state index contributed by atoms with van der Waals surface area (Å²) in [7, 11) is 0. The summed E-state index contributed by atoms with van der Waals surface area (Å²) in [6.07, 6.45) is 4.43. The van der Waals surface area contributed by atoms with Gasteiger partial charge in [-0.3, -0.25) is 0 Å². The fourth-order valence-corrected chi connectivity index (χ4v) is 3.73. The predicted molar refractivity (Wildman–Crippen MR) is 103 cm³/mol. The Labute approximate surface area is 162 Å². The van der Waals surface area contributed by atoms with Gasteiger partial charge in [-0.25, -0.2) is 0 Å². The molecule has 1 atom stereocenters. The topological polar surface area (TPSA) is 98.0 Å². The maximum Gasteiger partial charge on any atom is 0.258 e. The van der Waals surface area contributed by atoms with Gasteiger partial charge in [-0.05, 0) is 54.5 Å². The zero-order valence-electron chi connectivity index (χ0n) is 15.4. The van der Waals surface area contributed by atoms with Gasteiger partial charge in [0.15, 0.2) is 0 Å². The second-order valence-corrected chi connectivity index (χ2v) is 7.44. The predicted octanol–water partition coefficient (Wildman–Crippen LogP) is 3.90. The van der Waals surface area contributed by atoms with Gasteiger partial charge in [0.2, 0.25) is 5.82 Å². The first kappa shape index (κ1) is 17.1. The van der Waals surface area contributed by atoms with Crippen molar-refractivity contribution < 1.29 is 9.26 Å². The Bertz CT molecular complexity index is 1080. The van der Waals surface area contributed by atoms with Crippen LogP contribution in [-0.4, -0.2) is 16.2 Å². The maximum atomic E-state index is 9.50. The standard InChI is InChI=1S/C22H20N4O2/c23-11-15-10-13(4-5-14(15)12-27-16-6-7-16)22-25-21(26-28-22)19-3-1-2-18-17(19)8-9-20(18)24/h1-5,10,16,20H,6-9,12,24H2/t20-/m0/s1. The molecule has 1 aromatic heterocycles. The van der Waals surface area contributed by atoms with Crippen LogP contribution in [0.15, 0.2) is 40.9 Å². The molecule has 1 heterocycles. The number of rotatable bonds is 5. The fraction of sp³-hybridized carbons (Fsp3) is 0.318. The van der Waals surface area contributed by atoms with Gasteiger partial charge in [-0.15, -0.1) is 0 Å². The zero-order chi connectivity index (χ0) is 19.1. The Balaban J connectivity index is 1.44. The third-order valence-corrected chi connectivity index (χ3v) is 5.46. The lowest BCUT2D eigenvalue weighted by Crippen LogP contribution is -2.04. The SMILES string of the molecule is N#Cc1cc(-c2nc(-c3cccc4c3CC[C@@H]4N)no2)ccc1COC1CC1. The first-order valence-electron chi connectivity index (χ1n) is 9.59. The fourth-order valence-electron chi connectivity index (χ4n) is 3.73. The van der Waals surface area contributed by atoms with Gasteiger partial charge in [0, 0.05) is 17.2 Å². The third-order valence-electron chi connectivity index (χ3n) is 5.46. The molecule has 28 heavy (non-hydrogen) atoms. The van der Waals surface area contributed by atoms with Crippen LogP contribution in [0.2, 0.25) is 0 Å². The van der Waals surface area contributed by atoms with Crippen molar-refractivity contribution in [2.24, 2.45) is 5.73 Å². The summed E-state index contributed by atoms with van der Waals surface area (Å²) in [5.74, 6) is 0.960. The molecular formula is C22H20N4O2. The molecule has 1 saturated carbocycles. The normalized spacial score (nSPS) is 18.1. The van der Waals surface area contributed by atoms with Crippen molar-refractivity contribution in [1.29, 1.82) is 5.26 Å². The Kier molecular flexibility index (Phi) is 4.19. The van der Waals surface area contributed by atoms with Crippen molar-refractivity contribution in [3.63, 3.8) is 0 Å². The number of nitrogens with two attached hydrogens (primary N) is 1. The smallest absolute Gasteiger partial charge is 0.258 e. The van der Waals surface area contributed by atoms with E-state index in [1.165, 1.54) is 5.56 Å². The number of hydrogen-bond acceptors (Lipinski definition) is 6. The molecule has 2 aliphatic rings. The molecule has 6 heteroatoms. The van der Waals surface area contributed by atoms with Crippen molar-refractivity contribution in [2.75, 3.05) is 0 Å². The highest BCUT2D eigenvalue weighted by Crippen LogP contribution is 2.36. The van der Waals surface area contributed by atoms with Gasteiger partial charge in [0.1, 0.15) is 0 Å². The number of nitriles is 1. The molecule has 0 spiro atoms. The minimum Gasteiger partial charge on any atom is -0.373 e. The minimum atomic E-state index is 0.0740. The highest BCUT2D eigenvalue weighted by molar-refractivity contribution is 5.66. The molecule has 6 nitrogen and oxygen atoms in total. The van der Waals surface area contributed by atoms with Crippen LogP contribution < -0.4 is 5.73 Å². The summed E-state index contributed by atoms with van der Waals surface area (Å²) in [5.41, 5.74) is 11.7. The molecule has 0 radical (unpaired) electrons. The molecule has 5 rings (SSSR count). The Morgan fingerprint density at radius 2 is 2.11 bits per heavy atom. The number of fused-ring (bicyclic) bond motifs is 1. The molecular weight excluding hydrogens is 352 g/mol. The highest BCUT2D eigenvalue weighted by Gasteiger charge is 2.25. The summed E-state index contributed by atoms with van der Waals surface area (Å²) in [6.45, 7) is 0.458. The van der Waals surface area contributed by atoms with Crippen LogP contribution >= 0.6 is 0 Å². The van der Waals surface area contributed by atoms with Gasteiger partial charge in [-0.2, -0.15) is 10.2 Å². The second-order valence-electron chi connectivity index (χ2n) is 7.44. The summed E-state index contributed by atoms with van der Waals surface area (Å²) in [4.78, 5) is 4.58. The molecule has 2 N–H and O–H groups in total. The monoisotopic (exact) mass is 372 g/mol. The summed E-state index contributed by atoms with van der Waals surface area (Å²) >= 11 is 0. The summed E-state index contributed by atoms with van der Waals surface area (Å²) < 4.78 is 11.2. The highest BCUT2D eigenvalue weighted by atomic mass is 16.5. The summed E-state index contributed by atoms with van der Waals surface area (Å²) in [5, 5.41) is 13.7. The first-order chi connectivity index (χ1) is 13.7. The number of hydrogen-bond donors (Lipinski definition) is 1. The van der Waals surface area contributed by atoms with Crippen LogP contribution in [0.25, 0.3) is 22.8 Å². The lowest BCUT2D eigenvalue weighted by molar-refractivity contribution is 0.106. The largest absolute Gasteiger partial charge is 0.373 e. The Morgan fingerprint density at radius 3 is 2.93 bits per heavy atom. The molecule has 2 aliphatic carbocycles. The number of nitrogens with zero attached hydrogens (tertiary/aromatic N) is 3. The van der Waals surface area contributed by atoms with E-state index in [2.05, 4.69) is 22.3 Å². The minimum absolute atomic E-state index is 0.0740. The molecule has 0 unspecified atom stereocenters. The van der Waals surface area contributed by atoms with Crippen LogP contribution in [0.5, 0.6) is 0 Å². The van der Waals surface area contributed by atoms with E-state index in [0.717, 1.165) is 47.9 Å². The Morgan fingerprint density at radius 1 is 1.21 bits per heavy atom. The van der Waals surface area contributed by atoms with Gasteiger partial charge >= 0.3 is 0 Å².